The van der Waals surface area contributed by atoms with E-state index in [9.17, 15) is 80.8 Å². The lowest BCUT2D eigenvalue weighted by Gasteiger charge is -2.48. The van der Waals surface area contributed by atoms with E-state index in [1.54, 1.807) is 99.8 Å². The van der Waals surface area contributed by atoms with Crippen molar-refractivity contribution in [2.75, 3.05) is 6.61 Å². The summed E-state index contributed by atoms with van der Waals surface area (Å²) in [6.07, 6.45) is -1.91. The number of fused-ring (bicyclic) bond motifs is 2. The highest BCUT2D eigenvalue weighted by Gasteiger charge is 2.52. The summed E-state index contributed by atoms with van der Waals surface area (Å²) in [5, 5.41) is 144. The number of ether oxygens (including phenoxy) is 5. The molecule has 2 saturated heterocycles. The van der Waals surface area contributed by atoms with Crippen LogP contribution in [0.1, 0.15) is 92.4 Å². The standard InChI is InChI=1S/C56H88N2O21/c1-30-18-16-14-12-10-8-6-7-9-11-13-15-17-19-39(77-55-51(70)47(57)53(33(4)76-55)78-44-22-35(29-59)50(69)52(71)48(44)58-34(5)60)26-43-46(54(72)73)42(66)28-56(74,79-43)27-41(65)40(64)21-20-36(61)23-37(62)24-38(63)25-45(67)75-32(3)31(2)49(30)68/h6-19,30-33,35-44,46-53,55,59,61-66,68-71,74H,20-29,57H2,1-5H3,(H,58,60)(H,72,73). The molecule has 1 aliphatic carbocycles. The van der Waals surface area contributed by atoms with Gasteiger partial charge < -0.3 is 101 Å². The van der Waals surface area contributed by atoms with Crippen LogP contribution in [-0.4, -0.2) is 213 Å². The number of hydrogen-bond acceptors (Lipinski definition) is 21. The van der Waals surface area contributed by atoms with E-state index >= 15 is 0 Å². The minimum Gasteiger partial charge on any atom is -0.481 e. The van der Waals surface area contributed by atoms with Crippen LogP contribution < -0.4 is 11.1 Å². The van der Waals surface area contributed by atoms with Crippen molar-refractivity contribution in [1.29, 1.82) is 0 Å². The fourth-order valence-corrected chi connectivity index (χ4v) is 10.4. The van der Waals surface area contributed by atoms with Gasteiger partial charge in [-0.1, -0.05) is 98.9 Å². The number of amides is 1. The molecule has 448 valence electrons. The first kappa shape index (κ1) is 67.4. The van der Waals surface area contributed by atoms with Crippen LogP contribution in [0.4, 0.5) is 0 Å². The molecule has 1 amide bonds. The average Bonchev–Trinajstić information content (AvgIpc) is 3.36. The van der Waals surface area contributed by atoms with Gasteiger partial charge in [-0.05, 0) is 46.0 Å². The monoisotopic (exact) mass is 1120 g/mol. The summed E-state index contributed by atoms with van der Waals surface area (Å²) in [6, 6.07) is -2.39. The lowest BCUT2D eigenvalue weighted by molar-refractivity contribution is -0.312. The van der Waals surface area contributed by atoms with Gasteiger partial charge in [-0.15, -0.1) is 0 Å². The Morgan fingerprint density at radius 3 is 1.84 bits per heavy atom. The van der Waals surface area contributed by atoms with E-state index in [0.29, 0.717) is 0 Å². The van der Waals surface area contributed by atoms with Crippen molar-refractivity contribution < 1.29 is 104 Å². The molecule has 3 fully saturated rings. The molecule has 3 heterocycles. The zero-order chi connectivity index (χ0) is 58.7. The maximum atomic E-state index is 12.7. The third kappa shape index (κ3) is 21.0. The zero-order valence-electron chi connectivity index (χ0n) is 45.6. The highest BCUT2D eigenvalue weighted by Crippen LogP contribution is 2.39. The second kappa shape index (κ2) is 32.5. The van der Waals surface area contributed by atoms with Crippen LogP contribution in [0.3, 0.4) is 0 Å². The maximum absolute atomic E-state index is 12.7. The second-order valence-corrected chi connectivity index (χ2v) is 21.6. The van der Waals surface area contributed by atoms with Crippen LogP contribution in [0, 0.1) is 23.7 Å². The zero-order valence-corrected chi connectivity index (χ0v) is 45.6. The molecule has 4 rings (SSSR count). The van der Waals surface area contributed by atoms with E-state index in [-0.39, 0.29) is 38.0 Å². The van der Waals surface area contributed by atoms with E-state index in [2.05, 4.69) is 5.32 Å². The molecule has 0 aromatic rings. The minimum absolute atomic E-state index is 0.0141. The number of aliphatic hydroxyl groups is 12. The predicted octanol–water partition coefficient (Wildman–Crippen LogP) is -0.657. The van der Waals surface area contributed by atoms with Crippen molar-refractivity contribution in [1.82, 2.24) is 5.32 Å². The first-order valence-corrected chi connectivity index (χ1v) is 27.2. The molecule has 79 heavy (non-hydrogen) atoms. The minimum atomic E-state index is -2.43. The number of nitrogens with one attached hydrogen (secondary N) is 1. The van der Waals surface area contributed by atoms with Crippen molar-refractivity contribution in [3.63, 3.8) is 0 Å². The number of rotatable bonds is 7. The molecule has 4 aliphatic rings. The Morgan fingerprint density at radius 2 is 1.25 bits per heavy atom. The Labute approximate surface area is 461 Å². The lowest BCUT2D eigenvalue weighted by Crippen LogP contribution is -2.66. The van der Waals surface area contributed by atoms with Crippen LogP contribution in [0.25, 0.3) is 0 Å². The van der Waals surface area contributed by atoms with Crippen molar-refractivity contribution in [2.24, 2.45) is 29.4 Å². The van der Waals surface area contributed by atoms with Gasteiger partial charge in [-0.2, -0.15) is 0 Å². The summed E-state index contributed by atoms with van der Waals surface area (Å²) in [5.74, 6) is -8.52. The summed E-state index contributed by atoms with van der Waals surface area (Å²) in [5.41, 5.74) is 6.59. The number of nitrogens with two attached hydrogens (primary N) is 1. The highest BCUT2D eigenvalue weighted by molar-refractivity contribution is 5.73. The van der Waals surface area contributed by atoms with Gasteiger partial charge in [-0.25, -0.2) is 0 Å². The molecule has 0 radical (unpaired) electrons. The summed E-state index contributed by atoms with van der Waals surface area (Å²) in [6.45, 7) is 7.44. The molecule has 0 spiro atoms. The summed E-state index contributed by atoms with van der Waals surface area (Å²) < 4.78 is 30.2. The molecule has 24 atom stereocenters. The third-order valence-corrected chi connectivity index (χ3v) is 15.1. The Hall–Kier alpha value is -4.09. The number of carbonyl (C=O) groups is 3. The van der Waals surface area contributed by atoms with Crippen molar-refractivity contribution in [3.8, 4) is 0 Å². The molecule has 16 N–H and O–H groups in total. The topological polar surface area (TPSA) is 398 Å². The van der Waals surface area contributed by atoms with Gasteiger partial charge in [0.1, 0.15) is 30.3 Å². The second-order valence-electron chi connectivity index (χ2n) is 21.6. The number of carbonyl (C=O) groups excluding carboxylic acids is 2. The third-order valence-electron chi connectivity index (χ3n) is 15.1. The first-order chi connectivity index (χ1) is 37.2. The fourth-order valence-electron chi connectivity index (χ4n) is 10.4. The van der Waals surface area contributed by atoms with Crippen molar-refractivity contribution >= 4 is 17.8 Å². The Bertz CT molecular complexity index is 2100. The van der Waals surface area contributed by atoms with Crippen LogP contribution in [0.15, 0.2) is 85.1 Å². The molecule has 1 saturated carbocycles. The molecular formula is C56H88N2O21. The van der Waals surface area contributed by atoms with Crippen molar-refractivity contribution in [2.45, 2.75) is 214 Å². The largest absolute Gasteiger partial charge is 0.481 e. The lowest BCUT2D eigenvalue weighted by atomic mass is 9.79. The van der Waals surface area contributed by atoms with E-state index in [1.165, 1.54) is 13.0 Å². The Balaban J connectivity index is 1.59. The number of carboxylic acids is 1. The van der Waals surface area contributed by atoms with Gasteiger partial charge in [0.15, 0.2) is 12.1 Å². The van der Waals surface area contributed by atoms with E-state index in [1.807, 2.05) is 6.92 Å². The number of allylic oxidation sites excluding steroid dienone is 12. The maximum Gasteiger partial charge on any atom is 0.311 e. The number of aliphatic hydroxyl groups excluding tert-OH is 11. The predicted molar refractivity (Wildman–Crippen MR) is 284 cm³/mol. The SMILES string of the molecule is CC(=O)NC1C(OC2C(C)OC(OC3C=CC=CC=CC=CC=CC=CC=CC(C)C(O)C(C)C(C)OC(=O)CC(O)CC(O)CC(O)CCC(O)C(O)CC4(O)CC(O)C(C(=O)O)C(C3)O4)C(O)C2N)CC(CO)C(O)C1O. The summed E-state index contributed by atoms with van der Waals surface area (Å²) in [4.78, 5) is 37.5. The molecule has 23 nitrogen and oxygen atoms in total. The fraction of sp³-hybridized carbons (Fsp3) is 0.696. The molecular weight excluding hydrogens is 1040 g/mol. The van der Waals surface area contributed by atoms with E-state index < -0.39 is 190 Å². The smallest absolute Gasteiger partial charge is 0.311 e. The van der Waals surface area contributed by atoms with Crippen LogP contribution in [0.5, 0.6) is 0 Å². The van der Waals surface area contributed by atoms with Gasteiger partial charge in [0.25, 0.3) is 0 Å². The number of carboxylic acid groups (broad SMARTS) is 1. The molecule has 3 aliphatic heterocycles. The van der Waals surface area contributed by atoms with Crippen LogP contribution in [0.2, 0.25) is 0 Å². The van der Waals surface area contributed by atoms with Gasteiger partial charge in [0.05, 0.1) is 91.8 Å². The molecule has 24 unspecified atom stereocenters. The van der Waals surface area contributed by atoms with Gasteiger partial charge in [0, 0.05) is 50.5 Å². The molecule has 23 heteroatoms. The highest BCUT2D eigenvalue weighted by atomic mass is 16.7. The number of aliphatic carboxylic acids is 1. The normalized spacial score (nSPS) is 42.5. The van der Waals surface area contributed by atoms with Gasteiger partial charge >= 0.3 is 11.9 Å². The molecule has 0 aromatic carbocycles. The Kier molecular flexibility index (Phi) is 27.8. The van der Waals surface area contributed by atoms with Crippen molar-refractivity contribution in [3.05, 3.63) is 85.1 Å². The summed E-state index contributed by atoms with van der Waals surface area (Å²) in [7, 11) is 0. The Morgan fingerprint density at radius 1 is 0.684 bits per heavy atom. The van der Waals surface area contributed by atoms with Crippen LogP contribution in [-0.2, 0) is 38.1 Å². The van der Waals surface area contributed by atoms with Gasteiger partial charge in [0.2, 0.25) is 5.91 Å². The summed E-state index contributed by atoms with van der Waals surface area (Å²) >= 11 is 0. The average molecular weight is 1130 g/mol. The first-order valence-electron chi connectivity index (χ1n) is 27.2. The van der Waals surface area contributed by atoms with Gasteiger partial charge in [-0.3, -0.25) is 14.4 Å². The molecule has 2 bridgehead atoms. The van der Waals surface area contributed by atoms with E-state index in [0.717, 1.165) is 0 Å². The van der Waals surface area contributed by atoms with E-state index in [4.69, 9.17) is 29.4 Å². The number of esters is 1. The molecule has 0 aromatic heterocycles. The van der Waals surface area contributed by atoms with Crippen LogP contribution >= 0.6 is 0 Å². The number of hydrogen-bond donors (Lipinski definition) is 15. The quantitative estimate of drug-likeness (QED) is 0.141. The number of cyclic esters (lactones) is 1.